The highest BCUT2D eigenvalue weighted by Crippen LogP contribution is 2.42. The summed E-state index contributed by atoms with van der Waals surface area (Å²) in [4.78, 5) is 0. The Bertz CT molecular complexity index is 2900. The summed E-state index contributed by atoms with van der Waals surface area (Å²) in [6, 6.07) is 57.9. The average molecular weight is 636 g/mol. The average Bonchev–Trinajstić information content (AvgIpc) is 3.70. The molecule has 0 radical (unpaired) electrons. The molecule has 230 valence electrons. The van der Waals surface area contributed by atoms with Crippen molar-refractivity contribution < 1.29 is 0 Å². The molecule has 2 aromatic heterocycles. The lowest BCUT2D eigenvalue weighted by Gasteiger charge is -2.18. The van der Waals surface area contributed by atoms with Gasteiger partial charge in [0.05, 0.1) is 56.6 Å². The monoisotopic (exact) mass is 635 g/mol. The summed E-state index contributed by atoms with van der Waals surface area (Å²) in [6.07, 6.45) is 0. The number of hydrogen-bond acceptors (Lipinski definition) is 3. The van der Waals surface area contributed by atoms with E-state index >= 15 is 0 Å². The van der Waals surface area contributed by atoms with Crippen molar-refractivity contribution in [1.29, 1.82) is 15.8 Å². The Morgan fingerprint density at radius 3 is 1.68 bits per heavy atom. The molecule has 2 heterocycles. The SMILES string of the molecule is N#Cc1ccc2c(c1)c1c(C#N)cccc1n2-c1c(C#N)cccc1-c1ccccc1-c1ccc(-n2c3ccccc3c3ccccc32)cc1. The number of hydrogen-bond donors (Lipinski definition) is 0. The lowest BCUT2D eigenvalue weighted by Crippen LogP contribution is -2.01. The molecule has 0 aliphatic heterocycles. The Balaban J connectivity index is 1.26. The second-order valence-corrected chi connectivity index (χ2v) is 12.3. The van der Waals surface area contributed by atoms with Gasteiger partial charge in [0.25, 0.3) is 0 Å². The first-order valence-corrected chi connectivity index (χ1v) is 16.3. The van der Waals surface area contributed by atoms with Crippen LogP contribution in [0.3, 0.4) is 0 Å². The van der Waals surface area contributed by atoms with Gasteiger partial charge >= 0.3 is 0 Å². The van der Waals surface area contributed by atoms with Crippen LogP contribution < -0.4 is 0 Å². The van der Waals surface area contributed by atoms with Gasteiger partial charge in [0, 0.05) is 32.8 Å². The summed E-state index contributed by atoms with van der Waals surface area (Å²) in [5.41, 5.74) is 11.2. The molecule has 0 bridgehead atoms. The van der Waals surface area contributed by atoms with Crippen LogP contribution in [0.4, 0.5) is 0 Å². The Hall–Kier alpha value is -7.39. The zero-order chi connectivity index (χ0) is 33.8. The van der Waals surface area contributed by atoms with Crippen molar-refractivity contribution in [3.05, 3.63) is 168 Å². The standard InChI is InChI=1S/C45H25N5/c46-26-29-19-24-42-39(25-29)44-31(27-47)9-8-18-43(44)50(42)45-32(28-48)10-7-15-38(45)35-12-2-1-11-34(35)30-20-22-33(23-21-30)49-40-16-5-3-13-36(40)37-14-4-6-17-41(37)49/h1-25H. The maximum absolute atomic E-state index is 10.5. The van der Waals surface area contributed by atoms with Gasteiger partial charge in [0.1, 0.15) is 6.07 Å². The van der Waals surface area contributed by atoms with E-state index in [1.165, 1.54) is 10.8 Å². The van der Waals surface area contributed by atoms with E-state index in [1.807, 2.05) is 48.5 Å². The first-order chi connectivity index (χ1) is 24.7. The molecule has 0 atom stereocenters. The maximum atomic E-state index is 10.5. The summed E-state index contributed by atoms with van der Waals surface area (Å²) in [7, 11) is 0. The molecule has 9 rings (SSSR count). The molecule has 0 saturated carbocycles. The summed E-state index contributed by atoms with van der Waals surface area (Å²) in [6.45, 7) is 0. The fourth-order valence-electron chi connectivity index (χ4n) is 7.53. The number of benzene rings is 7. The first kappa shape index (κ1) is 28.8. The quantitative estimate of drug-likeness (QED) is 0.193. The van der Waals surface area contributed by atoms with Crippen molar-refractivity contribution in [2.45, 2.75) is 0 Å². The van der Waals surface area contributed by atoms with Gasteiger partial charge < -0.3 is 9.13 Å². The predicted molar refractivity (Wildman–Crippen MR) is 200 cm³/mol. The van der Waals surface area contributed by atoms with Crippen molar-refractivity contribution >= 4 is 43.6 Å². The van der Waals surface area contributed by atoms with E-state index in [2.05, 4.69) is 118 Å². The predicted octanol–water partition coefficient (Wildman–Crippen LogP) is 10.8. The van der Waals surface area contributed by atoms with Crippen LogP contribution in [0, 0.1) is 34.0 Å². The second-order valence-electron chi connectivity index (χ2n) is 12.3. The largest absolute Gasteiger partial charge is 0.309 e. The topological polar surface area (TPSA) is 81.2 Å². The van der Waals surface area contributed by atoms with Gasteiger partial charge in [-0.15, -0.1) is 0 Å². The van der Waals surface area contributed by atoms with Crippen LogP contribution in [0.5, 0.6) is 0 Å². The zero-order valence-electron chi connectivity index (χ0n) is 26.7. The maximum Gasteiger partial charge on any atom is 0.101 e. The molecule has 0 fully saturated rings. The number of nitrogens with zero attached hydrogens (tertiary/aromatic N) is 5. The minimum Gasteiger partial charge on any atom is -0.309 e. The molecule has 0 amide bonds. The highest BCUT2D eigenvalue weighted by atomic mass is 15.0. The van der Waals surface area contributed by atoms with Gasteiger partial charge in [0.2, 0.25) is 0 Å². The van der Waals surface area contributed by atoms with Crippen LogP contribution >= 0.6 is 0 Å². The van der Waals surface area contributed by atoms with Crippen LogP contribution in [-0.4, -0.2) is 9.13 Å². The first-order valence-electron chi connectivity index (χ1n) is 16.3. The Morgan fingerprint density at radius 2 is 0.980 bits per heavy atom. The van der Waals surface area contributed by atoms with Crippen LogP contribution in [0.2, 0.25) is 0 Å². The molecule has 9 aromatic rings. The Labute approximate surface area is 287 Å². The van der Waals surface area contributed by atoms with Crippen LogP contribution in [0.15, 0.2) is 152 Å². The summed E-state index contributed by atoms with van der Waals surface area (Å²) in [5, 5.41) is 34.3. The van der Waals surface area contributed by atoms with E-state index in [1.54, 1.807) is 12.1 Å². The highest BCUT2D eigenvalue weighted by Gasteiger charge is 2.22. The summed E-state index contributed by atoms with van der Waals surface area (Å²) < 4.78 is 4.38. The van der Waals surface area contributed by atoms with E-state index in [4.69, 9.17) is 0 Å². The molecule has 5 heteroatoms. The molecular formula is C45H25N5. The van der Waals surface area contributed by atoms with E-state index in [-0.39, 0.29) is 0 Å². The van der Waals surface area contributed by atoms with Gasteiger partial charge in [-0.1, -0.05) is 91.0 Å². The minimum absolute atomic E-state index is 0.504. The smallest absolute Gasteiger partial charge is 0.101 e. The molecule has 0 unspecified atom stereocenters. The van der Waals surface area contributed by atoms with Crippen LogP contribution in [0.25, 0.3) is 77.2 Å². The van der Waals surface area contributed by atoms with Crippen LogP contribution in [-0.2, 0) is 0 Å². The molecule has 0 N–H and O–H groups in total. The van der Waals surface area contributed by atoms with Crippen molar-refractivity contribution in [2.24, 2.45) is 0 Å². The van der Waals surface area contributed by atoms with E-state index in [9.17, 15) is 15.8 Å². The third-order valence-corrected chi connectivity index (χ3v) is 9.65. The number of para-hydroxylation sites is 3. The lowest BCUT2D eigenvalue weighted by molar-refractivity contribution is 1.17. The fraction of sp³-hybridized carbons (Fsp3) is 0. The normalized spacial score (nSPS) is 11.1. The lowest BCUT2D eigenvalue weighted by atomic mass is 9.92. The third-order valence-electron chi connectivity index (χ3n) is 9.65. The summed E-state index contributed by atoms with van der Waals surface area (Å²) in [5.74, 6) is 0. The minimum atomic E-state index is 0.504. The molecule has 50 heavy (non-hydrogen) atoms. The molecule has 7 aromatic carbocycles. The van der Waals surface area contributed by atoms with Crippen molar-refractivity contribution in [2.75, 3.05) is 0 Å². The van der Waals surface area contributed by atoms with Crippen LogP contribution in [0.1, 0.15) is 16.7 Å². The van der Waals surface area contributed by atoms with Crippen molar-refractivity contribution in [3.8, 4) is 51.8 Å². The molecule has 0 aliphatic rings. The number of aromatic nitrogens is 2. The Morgan fingerprint density at radius 1 is 0.400 bits per heavy atom. The molecule has 0 spiro atoms. The van der Waals surface area contributed by atoms with Crippen molar-refractivity contribution in [1.82, 2.24) is 9.13 Å². The Kier molecular flexibility index (Phi) is 6.56. The van der Waals surface area contributed by atoms with Gasteiger partial charge in [-0.25, -0.2) is 0 Å². The number of fused-ring (bicyclic) bond motifs is 6. The van der Waals surface area contributed by atoms with E-state index in [0.717, 1.165) is 66.5 Å². The molecule has 0 saturated heterocycles. The third kappa shape index (κ3) is 4.24. The van der Waals surface area contributed by atoms with Crippen molar-refractivity contribution in [3.63, 3.8) is 0 Å². The summed E-state index contributed by atoms with van der Waals surface area (Å²) >= 11 is 0. The van der Waals surface area contributed by atoms with Gasteiger partial charge in [-0.2, -0.15) is 15.8 Å². The number of rotatable bonds is 4. The van der Waals surface area contributed by atoms with Gasteiger partial charge in [0.15, 0.2) is 0 Å². The van der Waals surface area contributed by atoms with E-state index < -0.39 is 0 Å². The van der Waals surface area contributed by atoms with Gasteiger partial charge in [-0.3, -0.25) is 0 Å². The second kappa shape index (κ2) is 11.4. The highest BCUT2D eigenvalue weighted by molar-refractivity contribution is 6.13. The molecule has 0 aliphatic carbocycles. The van der Waals surface area contributed by atoms with Gasteiger partial charge in [-0.05, 0) is 77.4 Å². The van der Waals surface area contributed by atoms with E-state index in [0.29, 0.717) is 16.7 Å². The zero-order valence-corrected chi connectivity index (χ0v) is 26.7. The number of nitriles is 3. The fourth-order valence-corrected chi connectivity index (χ4v) is 7.53. The molecule has 5 nitrogen and oxygen atoms in total. The molecular weight excluding hydrogens is 611 g/mol.